The van der Waals surface area contributed by atoms with Crippen LogP contribution in [0, 0.1) is 5.82 Å². The van der Waals surface area contributed by atoms with E-state index in [-0.39, 0.29) is 24.1 Å². The van der Waals surface area contributed by atoms with Crippen LogP contribution in [-0.2, 0) is 11.2 Å². The fourth-order valence-electron chi connectivity index (χ4n) is 2.65. The van der Waals surface area contributed by atoms with Crippen LogP contribution in [0.3, 0.4) is 0 Å². The molecule has 1 atom stereocenters. The number of amides is 2. The summed E-state index contributed by atoms with van der Waals surface area (Å²) in [5.41, 5.74) is 1.13. The lowest BCUT2D eigenvalue weighted by Gasteiger charge is -2.19. The number of carbonyl (C=O) groups is 3. The van der Waals surface area contributed by atoms with Crippen LogP contribution >= 0.6 is 0 Å². The van der Waals surface area contributed by atoms with Gasteiger partial charge in [-0.1, -0.05) is 30.3 Å². The highest BCUT2D eigenvalue weighted by molar-refractivity contribution is 5.97. The Balaban J connectivity index is 2.05. The van der Waals surface area contributed by atoms with Gasteiger partial charge in [0.25, 0.3) is 0 Å². The predicted molar refractivity (Wildman–Crippen MR) is 99.4 cm³/mol. The van der Waals surface area contributed by atoms with Crippen LogP contribution < -0.4 is 10.6 Å². The number of hydrogen-bond acceptors (Lipinski definition) is 3. The maximum Gasteiger partial charge on any atom is 0.319 e. The van der Waals surface area contributed by atoms with Crippen molar-refractivity contribution in [3.63, 3.8) is 0 Å². The second-order valence-electron chi connectivity index (χ2n) is 6.17. The summed E-state index contributed by atoms with van der Waals surface area (Å²) in [6.07, 6.45) is 0.659. The molecule has 0 fully saturated rings. The van der Waals surface area contributed by atoms with E-state index in [9.17, 15) is 18.8 Å². The summed E-state index contributed by atoms with van der Waals surface area (Å²) in [4.78, 5) is 34.6. The summed E-state index contributed by atoms with van der Waals surface area (Å²) in [6, 6.07) is 12.2. The lowest BCUT2D eigenvalue weighted by molar-refractivity contribution is -0.137. The highest BCUT2D eigenvalue weighted by Gasteiger charge is 2.16. The van der Waals surface area contributed by atoms with E-state index < -0.39 is 29.6 Å². The van der Waals surface area contributed by atoms with E-state index in [4.69, 9.17) is 5.11 Å². The molecule has 0 saturated carbocycles. The largest absolute Gasteiger partial charge is 0.481 e. The first kappa shape index (κ1) is 20.1. The van der Waals surface area contributed by atoms with Gasteiger partial charge in [-0.2, -0.15) is 0 Å². The van der Waals surface area contributed by atoms with Crippen molar-refractivity contribution in [2.75, 3.05) is 5.32 Å². The maximum atomic E-state index is 13.6. The molecule has 7 heteroatoms. The molecular weight excluding hydrogens is 351 g/mol. The zero-order valence-electron chi connectivity index (χ0n) is 14.9. The molecule has 27 heavy (non-hydrogen) atoms. The summed E-state index contributed by atoms with van der Waals surface area (Å²) in [5.74, 6) is -2.04. The van der Waals surface area contributed by atoms with E-state index in [2.05, 4.69) is 10.6 Å². The molecule has 0 aromatic heterocycles. The molecule has 2 amide bonds. The minimum absolute atomic E-state index is 0.0805. The SMILES string of the molecule is CC(=O)c1cc(NC(=O)NC(CCC(=O)O)Cc2ccccc2)ccc1F. The number of anilines is 1. The molecule has 0 radical (unpaired) electrons. The summed E-state index contributed by atoms with van der Waals surface area (Å²) in [5, 5.41) is 14.2. The zero-order chi connectivity index (χ0) is 19.8. The van der Waals surface area contributed by atoms with Crippen molar-refractivity contribution in [1.82, 2.24) is 5.32 Å². The second-order valence-corrected chi connectivity index (χ2v) is 6.17. The van der Waals surface area contributed by atoms with Crippen LogP contribution in [0.2, 0.25) is 0 Å². The topological polar surface area (TPSA) is 95.5 Å². The quantitative estimate of drug-likeness (QED) is 0.617. The normalized spacial score (nSPS) is 11.5. The average molecular weight is 372 g/mol. The van der Waals surface area contributed by atoms with Gasteiger partial charge in [0, 0.05) is 18.2 Å². The Labute approximate surface area is 156 Å². The Morgan fingerprint density at radius 3 is 2.44 bits per heavy atom. The van der Waals surface area contributed by atoms with Crippen LogP contribution in [0.4, 0.5) is 14.9 Å². The van der Waals surface area contributed by atoms with Crippen molar-refractivity contribution < 1.29 is 23.9 Å². The molecule has 3 N–H and O–H groups in total. The molecule has 0 spiro atoms. The van der Waals surface area contributed by atoms with Crippen molar-refractivity contribution in [1.29, 1.82) is 0 Å². The highest BCUT2D eigenvalue weighted by Crippen LogP contribution is 2.16. The molecule has 2 rings (SSSR count). The molecule has 2 aromatic carbocycles. The van der Waals surface area contributed by atoms with E-state index in [1.807, 2.05) is 30.3 Å². The van der Waals surface area contributed by atoms with Crippen LogP contribution in [0.5, 0.6) is 0 Å². The first-order valence-corrected chi connectivity index (χ1v) is 8.49. The summed E-state index contributed by atoms with van der Waals surface area (Å²) in [6.45, 7) is 1.24. The van der Waals surface area contributed by atoms with E-state index >= 15 is 0 Å². The minimum atomic E-state index is -0.945. The number of hydrogen-bond donors (Lipinski definition) is 3. The van der Waals surface area contributed by atoms with Gasteiger partial charge in [-0.05, 0) is 43.5 Å². The van der Waals surface area contributed by atoms with Gasteiger partial charge in [0.15, 0.2) is 5.78 Å². The number of halogens is 1. The van der Waals surface area contributed by atoms with Gasteiger partial charge in [0.05, 0.1) is 5.56 Å². The molecule has 0 bridgehead atoms. The molecule has 0 heterocycles. The number of ketones is 1. The Bertz CT molecular complexity index is 824. The van der Waals surface area contributed by atoms with E-state index in [0.717, 1.165) is 11.6 Å². The number of urea groups is 1. The summed E-state index contributed by atoms with van der Waals surface area (Å²) >= 11 is 0. The monoisotopic (exact) mass is 372 g/mol. The lowest BCUT2D eigenvalue weighted by atomic mass is 10.0. The van der Waals surface area contributed by atoms with Gasteiger partial charge in [0.1, 0.15) is 5.82 Å². The summed E-state index contributed by atoms with van der Waals surface area (Å²) < 4.78 is 13.6. The van der Waals surface area contributed by atoms with Gasteiger partial charge in [-0.15, -0.1) is 0 Å². The van der Waals surface area contributed by atoms with E-state index in [1.165, 1.54) is 19.1 Å². The minimum Gasteiger partial charge on any atom is -0.481 e. The highest BCUT2D eigenvalue weighted by atomic mass is 19.1. The number of carbonyl (C=O) groups excluding carboxylic acids is 2. The third-order valence-electron chi connectivity index (χ3n) is 3.97. The first-order valence-electron chi connectivity index (χ1n) is 8.49. The molecule has 0 aliphatic heterocycles. The molecule has 6 nitrogen and oxygen atoms in total. The Morgan fingerprint density at radius 1 is 1.11 bits per heavy atom. The van der Waals surface area contributed by atoms with E-state index in [1.54, 1.807) is 0 Å². The standard InChI is InChI=1S/C20H21FN2O4/c1-13(24)17-12-16(7-9-18(17)21)23-20(27)22-15(8-10-19(25)26)11-14-5-3-2-4-6-14/h2-7,9,12,15H,8,10-11H2,1H3,(H,25,26)(H2,22,23,27). The fraction of sp³-hybridized carbons (Fsp3) is 0.250. The van der Waals surface area contributed by atoms with Gasteiger partial charge in [-0.3, -0.25) is 9.59 Å². The lowest BCUT2D eigenvalue weighted by Crippen LogP contribution is -2.39. The van der Waals surface area contributed by atoms with E-state index in [0.29, 0.717) is 6.42 Å². The van der Waals surface area contributed by atoms with Crippen LogP contribution in [0.1, 0.15) is 35.7 Å². The Morgan fingerprint density at radius 2 is 1.81 bits per heavy atom. The second kappa shape index (κ2) is 9.47. The van der Waals surface area contributed by atoms with Gasteiger partial charge < -0.3 is 15.7 Å². The van der Waals surface area contributed by atoms with Gasteiger partial charge in [0.2, 0.25) is 0 Å². The molecule has 0 saturated heterocycles. The first-order chi connectivity index (χ1) is 12.8. The third-order valence-corrected chi connectivity index (χ3v) is 3.97. The molecule has 0 aliphatic rings. The number of carboxylic acids is 1. The molecule has 142 valence electrons. The number of rotatable bonds is 8. The number of benzene rings is 2. The molecule has 2 aromatic rings. The summed E-state index contributed by atoms with van der Waals surface area (Å²) in [7, 11) is 0. The van der Waals surface area contributed by atoms with Crippen molar-refractivity contribution in [3.05, 3.63) is 65.5 Å². The molecule has 0 aliphatic carbocycles. The number of nitrogens with one attached hydrogen (secondary N) is 2. The fourth-order valence-corrected chi connectivity index (χ4v) is 2.65. The Hall–Kier alpha value is -3.22. The van der Waals surface area contributed by atoms with Crippen LogP contribution in [0.15, 0.2) is 48.5 Å². The van der Waals surface area contributed by atoms with Crippen molar-refractivity contribution in [2.24, 2.45) is 0 Å². The number of Topliss-reactive ketones (excluding diaryl/α,β-unsaturated/α-hetero) is 1. The third kappa shape index (κ3) is 6.54. The van der Waals surface area contributed by atoms with Gasteiger partial charge in [-0.25, -0.2) is 9.18 Å². The zero-order valence-corrected chi connectivity index (χ0v) is 14.9. The average Bonchev–Trinajstić information content (AvgIpc) is 2.62. The predicted octanol–water partition coefficient (Wildman–Crippen LogP) is 3.63. The maximum absolute atomic E-state index is 13.6. The van der Waals surface area contributed by atoms with Gasteiger partial charge >= 0.3 is 12.0 Å². The number of aliphatic carboxylic acids is 1. The van der Waals surface area contributed by atoms with Crippen molar-refractivity contribution in [3.8, 4) is 0 Å². The smallest absolute Gasteiger partial charge is 0.319 e. The van der Waals surface area contributed by atoms with Crippen LogP contribution in [-0.4, -0.2) is 28.9 Å². The molecular formula is C20H21FN2O4. The van der Waals surface area contributed by atoms with Crippen LogP contribution in [0.25, 0.3) is 0 Å². The van der Waals surface area contributed by atoms with Crippen molar-refractivity contribution in [2.45, 2.75) is 32.2 Å². The van der Waals surface area contributed by atoms with Crippen molar-refractivity contribution >= 4 is 23.5 Å². The Kier molecular flexibility index (Phi) is 7.05. The molecule has 1 unspecified atom stereocenters. The number of carboxylic acid groups (broad SMARTS) is 1.